The number of hydrazone groups is 1. The number of hydrogen-bond acceptors (Lipinski definition) is 5. The van der Waals surface area contributed by atoms with Crippen LogP contribution in [0, 0.1) is 6.92 Å². The van der Waals surface area contributed by atoms with Crippen LogP contribution in [0.15, 0.2) is 47.6 Å². The van der Waals surface area contributed by atoms with Crippen molar-refractivity contribution in [1.29, 1.82) is 0 Å². The van der Waals surface area contributed by atoms with Crippen LogP contribution in [0.4, 0.5) is 5.69 Å². The van der Waals surface area contributed by atoms with Gasteiger partial charge in [-0.15, -0.1) is 0 Å². The van der Waals surface area contributed by atoms with Gasteiger partial charge >= 0.3 is 0 Å². The molecular weight excluding hydrogens is 402 g/mol. The van der Waals surface area contributed by atoms with E-state index in [1.165, 1.54) is 10.6 Å². The summed E-state index contributed by atoms with van der Waals surface area (Å²) in [7, 11) is 0. The van der Waals surface area contributed by atoms with Crippen LogP contribution < -0.4 is 10.7 Å². The number of aryl methyl sites for hydroxylation is 2. The van der Waals surface area contributed by atoms with Crippen LogP contribution in [0.3, 0.4) is 0 Å². The van der Waals surface area contributed by atoms with Crippen LogP contribution in [-0.4, -0.2) is 40.8 Å². The van der Waals surface area contributed by atoms with Crippen LogP contribution in [0.1, 0.15) is 36.1 Å². The summed E-state index contributed by atoms with van der Waals surface area (Å²) in [4.78, 5) is 25.4. The number of hydrogen-bond donors (Lipinski definition) is 2. The molecule has 0 radical (unpaired) electrons. The SMILES string of the molecule is CCc1ccc(C2CC3C(=O)N(CC(=O)Nc4c(C)cccc4Cl)N=CN3N2)cc1. The molecule has 2 heterocycles. The standard InChI is InChI=1S/C22H24ClN5O2/c1-3-15-7-9-16(10-8-15)18-11-19-22(30)27(24-13-28(19)26-18)12-20(29)25-21-14(2)5-4-6-17(21)23/h4-10,13,18-19,26H,3,11-12H2,1-2H3,(H,25,29). The minimum absolute atomic E-state index is 0.0239. The Bertz CT molecular complexity index is 971. The second-order valence-electron chi connectivity index (χ2n) is 7.54. The zero-order chi connectivity index (χ0) is 21.3. The summed E-state index contributed by atoms with van der Waals surface area (Å²) in [5.74, 6) is -0.550. The summed E-state index contributed by atoms with van der Waals surface area (Å²) in [6.07, 6.45) is 3.17. The summed E-state index contributed by atoms with van der Waals surface area (Å²) >= 11 is 6.17. The predicted molar refractivity (Wildman–Crippen MR) is 117 cm³/mol. The highest BCUT2D eigenvalue weighted by Crippen LogP contribution is 2.30. The molecule has 7 nitrogen and oxygen atoms in total. The average Bonchev–Trinajstić information content (AvgIpc) is 3.18. The number of halogens is 1. The highest BCUT2D eigenvalue weighted by atomic mass is 35.5. The smallest absolute Gasteiger partial charge is 0.267 e. The minimum atomic E-state index is -0.395. The fourth-order valence-corrected chi connectivity index (χ4v) is 4.03. The Morgan fingerprint density at radius 3 is 2.73 bits per heavy atom. The zero-order valence-electron chi connectivity index (χ0n) is 16.9. The molecule has 2 amide bonds. The molecule has 0 bridgehead atoms. The van der Waals surface area contributed by atoms with Crippen molar-refractivity contribution in [3.05, 3.63) is 64.2 Å². The number of amides is 2. The van der Waals surface area contributed by atoms with Crippen molar-refractivity contribution in [2.24, 2.45) is 5.10 Å². The van der Waals surface area contributed by atoms with Crippen molar-refractivity contribution in [2.75, 3.05) is 11.9 Å². The van der Waals surface area contributed by atoms with E-state index in [9.17, 15) is 9.59 Å². The van der Waals surface area contributed by atoms with Crippen LogP contribution >= 0.6 is 11.6 Å². The van der Waals surface area contributed by atoms with E-state index in [0.29, 0.717) is 17.1 Å². The van der Waals surface area contributed by atoms with E-state index >= 15 is 0 Å². The maximum Gasteiger partial charge on any atom is 0.267 e. The summed E-state index contributed by atoms with van der Waals surface area (Å²) in [5, 5.41) is 10.4. The van der Waals surface area contributed by atoms with Gasteiger partial charge in [0.1, 0.15) is 18.9 Å². The van der Waals surface area contributed by atoms with Crippen molar-refractivity contribution in [2.45, 2.75) is 38.8 Å². The molecule has 2 aromatic rings. The number of anilines is 1. The van der Waals surface area contributed by atoms with Gasteiger partial charge in [-0.3, -0.25) is 14.6 Å². The largest absolute Gasteiger partial charge is 0.323 e. The van der Waals surface area contributed by atoms with Gasteiger partial charge in [0, 0.05) is 0 Å². The third-order valence-electron chi connectivity index (χ3n) is 5.52. The molecule has 0 spiro atoms. The fraction of sp³-hybridized carbons (Fsp3) is 0.318. The first kappa shape index (κ1) is 20.4. The Kier molecular flexibility index (Phi) is 5.74. The number of benzene rings is 2. The Morgan fingerprint density at radius 1 is 1.27 bits per heavy atom. The summed E-state index contributed by atoms with van der Waals surface area (Å²) in [5.41, 5.74) is 7.13. The molecule has 156 valence electrons. The monoisotopic (exact) mass is 425 g/mol. The molecular formula is C22H24ClN5O2. The van der Waals surface area contributed by atoms with Gasteiger partial charge in [-0.25, -0.2) is 10.4 Å². The van der Waals surface area contributed by atoms with Gasteiger partial charge in [0.2, 0.25) is 5.91 Å². The average molecular weight is 426 g/mol. The summed E-state index contributed by atoms with van der Waals surface area (Å²) in [6, 6.07) is 13.4. The molecule has 2 aromatic carbocycles. The van der Waals surface area contributed by atoms with Crippen molar-refractivity contribution < 1.29 is 9.59 Å². The first-order chi connectivity index (χ1) is 14.5. The van der Waals surface area contributed by atoms with E-state index < -0.39 is 6.04 Å². The molecule has 0 saturated carbocycles. The number of hydrazine groups is 1. The molecule has 2 N–H and O–H groups in total. The first-order valence-corrected chi connectivity index (χ1v) is 10.4. The second-order valence-corrected chi connectivity index (χ2v) is 7.95. The van der Waals surface area contributed by atoms with E-state index in [-0.39, 0.29) is 24.4 Å². The van der Waals surface area contributed by atoms with Gasteiger partial charge in [-0.05, 0) is 42.5 Å². The van der Waals surface area contributed by atoms with Crippen LogP contribution in [-0.2, 0) is 16.0 Å². The second kappa shape index (κ2) is 8.45. The first-order valence-electron chi connectivity index (χ1n) is 10.00. The number of nitrogens with zero attached hydrogens (tertiary/aromatic N) is 3. The topological polar surface area (TPSA) is 77.0 Å². The van der Waals surface area contributed by atoms with Gasteiger partial charge in [0.15, 0.2) is 0 Å². The van der Waals surface area contributed by atoms with E-state index in [1.807, 2.05) is 19.1 Å². The number of nitrogens with one attached hydrogen (secondary N) is 2. The highest BCUT2D eigenvalue weighted by Gasteiger charge is 2.41. The third-order valence-corrected chi connectivity index (χ3v) is 5.84. The molecule has 2 unspecified atom stereocenters. The van der Waals surface area contributed by atoms with Gasteiger partial charge in [-0.1, -0.05) is 54.9 Å². The molecule has 30 heavy (non-hydrogen) atoms. The maximum absolute atomic E-state index is 12.9. The quantitative estimate of drug-likeness (QED) is 0.770. The zero-order valence-corrected chi connectivity index (χ0v) is 17.7. The maximum atomic E-state index is 12.9. The van der Waals surface area contributed by atoms with Gasteiger partial charge in [0.25, 0.3) is 5.91 Å². The molecule has 2 aliphatic heterocycles. The number of carbonyl (C=O) groups excluding carboxylic acids is 2. The number of fused-ring (bicyclic) bond motifs is 1. The molecule has 1 saturated heterocycles. The number of rotatable bonds is 5. The summed E-state index contributed by atoms with van der Waals surface area (Å²) < 4.78 is 0. The number of carbonyl (C=O) groups is 2. The predicted octanol–water partition coefficient (Wildman–Crippen LogP) is 3.26. The summed E-state index contributed by atoms with van der Waals surface area (Å²) in [6.45, 7) is 3.82. The van der Waals surface area contributed by atoms with Gasteiger partial charge in [0.05, 0.1) is 16.8 Å². The molecule has 2 atom stereocenters. The van der Waals surface area contributed by atoms with Crippen LogP contribution in [0.2, 0.25) is 5.02 Å². The Labute approximate surface area is 180 Å². The highest BCUT2D eigenvalue weighted by molar-refractivity contribution is 6.34. The van der Waals surface area contributed by atoms with Crippen LogP contribution in [0.25, 0.3) is 0 Å². The molecule has 8 heteroatoms. The Balaban J connectivity index is 1.40. The fourth-order valence-electron chi connectivity index (χ4n) is 3.76. The van der Waals surface area contributed by atoms with Crippen molar-refractivity contribution in [3.63, 3.8) is 0 Å². The van der Waals surface area contributed by atoms with E-state index in [2.05, 4.69) is 47.0 Å². The van der Waals surface area contributed by atoms with Crippen molar-refractivity contribution in [1.82, 2.24) is 15.4 Å². The van der Waals surface area contributed by atoms with E-state index in [0.717, 1.165) is 17.5 Å². The Hall–Kier alpha value is -2.90. The lowest BCUT2D eigenvalue weighted by molar-refractivity contribution is -0.139. The minimum Gasteiger partial charge on any atom is -0.323 e. The lowest BCUT2D eigenvalue weighted by atomic mass is 9.99. The van der Waals surface area contributed by atoms with E-state index in [1.54, 1.807) is 17.4 Å². The molecule has 2 aliphatic rings. The van der Waals surface area contributed by atoms with Crippen molar-refractivity contribution >= 4 is 35.4 Å². The molecule has 0 aliphatic carbocycles. The molecule has 4 rings (SSSR count). The van der Waals surface area contributed by atoms with E-state index in [4.69, 9.17) is 11.6 Å². The lowest BCUT2D eigenvalue weighted by Crippen LogP contribution is -2.52. The van der Waals surface area contributed by atoms with Crippen molar-refractivity contribution in [3.8, 4) is 0 Å². The molecule has 1 fully saturated rings. The van der Waals surface area contributed by atoms with Crippen LogP contribution in [0.5, 0.6) is 0 Å². The normalized spacial score (nSPS) is 20.4. The van der Waals surface area contributed by atoms with Gasteiger partial charge < -0.3 is 5.32 Å². The molecule has 0 aromatic heterocycles. The van der Waals surface area contributed by atoms with Gasteiger partial charge in [-0.2, -0.15) is 5.10 Å². The lowest BCUT2D eigenvalue weighted by Gasteiger charge is -2.29. The Morgan fingerprint density at radius 2 is 2.03 bits per heavy atom. The third kappa shape index (κ3) is 4.04. The number of para-hydroxylation sites is 1.